The summed E-state index contributed by atoms with van der Waals surface area (Å²) in [6, 6.07) is 8.07. The van der Waals surface area contributed by atoms with Crippen molar-refractivity contribution in [2.75, 3.05) is 31.1 Å². The molecule has 1 atom stereocenters. The molecule has 5 aliphatic rings. The lowest BCUT2D eigenvalue weighted by atomic mass is 9.48. The SMILES string of the molecule is C[C@@H](NC(=O)CCC(=O)N1CCN(c2cccc(Cl)c2)CC1)C12CC3CC(CC(C3)C1)C2. The first-order chi connectivity index (χ1) is 15.4. The van der Waals surface area contributed by atoms with Gasteiger partial charge in [-0.25, -0.2) is 0 Å². The van der Waals surface area contributed by atoms with E-state index in [1.54, 1.807) is 0 Å². The van der Waals surface area contributed by atoms with E-state index in [0.29, 0.717) is 31.3 Å². The molecule has 5 nitrogen and oxygen atoms in total. The van der Waals surface area contributed by atoms with Crippen molar-refractivity contribution < 1.29 is 9.59 Å². The molecular weight excluding hydrogens is 422 g/mol. The van der Waals surface area contributed by atoms with Gasteiger partial charge in [0.25, 0.3) is 0 Å². The molecule has 1 aromatic carbocycles. The lowest BCUT2D eigenvalue weighted by Gasteiger charge is -2.59. The fourth-order valence-corrected chi connectivity index (χ4v) is 7.62. The van der Waals surface area contributed by atoms with Crippen LogP contribution in [0.2, 0.25) is 5.02 Å². The maximum Gasteiger partial charge on any atom is 0.223 e. The molecule has 1 N–H and O–H groups in total. The van der Waals surface area contributed by atoms with Crippen LogP contribution >= 0.6 is 11.6 Å². The molecule has 32 heavy (non-hydrogen) atoms. The molecule has 6 rings (SSSR count). The standard InChI is InChI=1S/C26H36ClN3O2/c1-18(26-15-19-11-20(16-26)13-21(12-19)17-26)28-24(31)5-6-25(32)30-9-7-29(8-10-30)23-4-2-3-22(27)14-23/h2-4,14,18-21H,5-13,15-17H2,1H3,(H,28,31)/t18-,19?,20?,21?,26?/m1/s1. The number of rotatable bonds is 6. The van der Waals surface area contributed by atoms with Crippen molar-refractivity contribution in [2.45, 2.75) is 64.3 Å². The van der Waals surface area contributed by atoms with Crippen molar-refractivity contribution in [2.24, 2.45) is 23.2 Å². The second-order valence-electron chi connectivity index (χ2n) is 10.9. The first-order valence-electron chi connectivity index (χ1n) is 12.5. The maximum absolute atomic E-state index is 12.7. The molecule has 1 aliphatic heterocycles. The minimum Gasteiger partial charge on any atom is -0.368 e. The summed E-state index contributed by atoms with van der Waals surface area (Å²) in [5.74, 6) is 2.78. The van der Waals surface area contributed by atoms with E-state index < -0.39 is 0 Å². The molecule has 4 saturated carbocycles. The predicted octanol–water partition coefficient (Wildman–Crippen LogP) is 4.49. The van der Waals surface area contributed by atoms with Gasteiger partial charge in [-0.05, 0) is 86.8 Å². The second kappa shape index (κ2) is 8.89. The van der Waals surface area contributed by atoms with Crippen molar-refractivity contribution in [1.29, 1.82) is 0 Å². The van der Waals surface area contributed by atoms with Crippen molar-refractivity contribution in [3.05, 3.63) is 29.3 Å². The van der Waals surface area contributed by atoms with Gasteiger partial charge in [0.05, 0.1) is 0 Å². The van der Waals surface area contributed by atoms with Gasteiger partial charge in [-0.3, -0.25) is 9.59 Å². The van der Waals surface area contributed by atoms with Crippen LogP contribution < -0.4 is 10.2 Å². The molecule has 2 amide bonds. The van der Waals surface area contributed by atoms with E-state index in [4.69, 9.17) is 11.6 Å². The van der Waals surface area contributed by atoms with Crippen LogP contribution in [-0.4, -0.2) is 48.9 Å². The molecule has 5 fully saturated rings. The quantitative estimate of drug-likeness (QED) is 0.684. The number of carbonyl (C=O) groups excluding carboxylic acids is 2. The van der Waals surface area contributed by atoms with E-state index in [0.717, 1.165) is 41.6 Å². The largest absolute Gasteiger partial charge is 0.368 e. The number of benzene rings is 1. The minimum atomic E-state index is 0.0409. The Morgan fingerprint density at radius 1 is 1.03 bits per heavy atom. The molecule has 4 bridgehead atoms. The first-order valence-corrected chi connectivity index (χ1v) is 12.9. The monoisotopic (exact) mass is 457 g/mol. The van der Waals surface area contributed by atoms with E-state index in [1.165, 1.54) is 38.5 Å². The lowest BCUT2D eigenvalue weighted by molar-refractivity contribution is -0.134. The third kappa shape index (κ3) is 4.50. The molecular formula is C26H36ClN3O2. The second-order valence-corrected chi connectivity index (χ2v) is 11.4. The van der Waals surface area contributed by atoms with Crippen LogP contribution in [0.5, 0.6) is 0 Å². The Labute approximate surface area is 196 Å². The van der Waals surface area contributed by atoms with Crippen molar-refractivity contribution in [3.8, 4) is 0 Å². The summed E-state index contributed by atoms with van der Waals surface area (Å²) < 4.78 is 0. The fraction of sp³-hybridized carbons (Fsp3) is 0.692. The van der Waals surface area contributed by atoms with Gasteiger partial charge >= 0.3 is 0 Å². The number of halogens is 1. The van der Waals surface area contributed by atoms with E-state index in [2.05, 4.69) is 23.2 Å². The van der Waals surface area contributed by atoms with Gasteiger partial charge in [0, 0.05) is 55.8 Å². The van der Waals surface area contributed by atoms with E-state index in [-0.39, 0.29) is 17.9 Å². The predicted molar refractivity (Wildman–Crippen MR) is 128 cm³/mol. The molecule has 174 valence electrons. The molecule has 0 radical (unpaired) electrons. The number of hydrogen-bond donors (Lipinski definition) is 1. The smallest absolute Gasteiger partial charge is 0.223 e. The van der Waals surface area contributed by atoms with Crippen LogP contribution in [0.25, 0.3) is 0 Å². The highest BCUT2D eigenvalue weighted by Crippen LogP contribution is 2.61. The number of carbonyl (C=O) groups is 2. The average molecular weight is 458 g/mol. The third-order valence-corrected chi connectivity index (χ3v) is 8.99. The van der Waals surface area contributed by atoms with Crippen molar-refractivity contribution in [3.63, 3.8) is 0 Å². The fourth-order valence-electron chi connectivity index (χ4n) is 7.44. The van der Waals surface area contributed by atoms with E-state index in [1.807, 2.05) is 23.1 Å². The highest BCUT2D eigenvalue weighted by Gasteiger charge is 2.53. The zero-order valence-electron chi connectivity index (χ0n) is 19.2. The van der Waals surface area contributed by atoms with Gasteiger partial charge in [0.1, 0.15) is 0 Å². The molecule has 0 aromatic heterocycles. The Bertz CT molecular complexity index is 829. The molecule has 4 aliphatic carbocycles. The van der Waals surface area contributed by atoms with Crippen LogP contribution in [-0.2, 0) is 9.59 Å². The number of anilines is 1. The van der Waals surface area contributed by atoms with Gasteiger partial charge in [0.15, 0.2) is 0 Å². The molecule has 1 saturated heterocycles. The number of nitrogens with zero attached hydrogens (tertiary/aromatic N) is 2. The summed E-state index contributed by atoms with van der Waals surface area (Å²) in [4.78, 5) is 29.6. The Morgan fingerprint density at radius 2 is 1.66 bits per heavy atom. The Balaban J connectivity index is 1.07. The summed E-state index contributed by atoms with van der Waals surface area (Å²) in [5.41, 5.74) is 1.41. The molecule has 0 unspecified atom stereocenters. The normalized spacial score (nSPS) is 32.1. The molecule has 6 heteroatoms. The lowest BCUT2D eigenvalue weighted by Crippen LogP contribution is -2.55. The summed E-state index contributed by atoms with van der Waals surface area (Å²) >= 11 is 6.11. The minimum absolute atomic E-state index is 0.0409. The van der Waals surface area contributed by atoms with E-state index in [9.17, 15) is 9.59 Å². The summed E-state index contributed by atoms with van der Waals surface area (Å²) in [7, 11) is 0. The Morgan fingerprint density at radius 3 is 2.25 bits per heavy atom. The van der Waals surface area contributed by atoms with E-state index >= 15 is 0 Å². The van der Waals surface area contributed by atoms with Crippen molar-refractivity contribution in [1.82, 2.24) is 10.2 Å². The number of nitrogens with one attached hydrogen (secondary N) is 1. The van der Waals surface area contributed by atoms with Crippen molar-refractivity contribution >= 4 is 29.1 Å². The van der Waals surface area contributed by atoms with Gasteiger partial charge < -0.3 is 15.1 Å². The molecule has 0 spiro atoms. The van der Waals surface area contributed by atoms with Gasteiger partial charge in [-0.2, -0.15) is 0 Å². The number of amides is 2. The third-order valence-electron chi connectivity index (χ3n) is 8.75. The summed E-state index contributed by atoms with van der Waals surface area (Å²) in [6.07, 6.45) is 8.71. The maximum atomic E-state index is 12.7. The number of piperazine rings is 1. The van der Waals surface area contributed by atoms with Gasteiger partial charge in [-0.15, -0.1) is 0 Å². The summed E-state index contributed by atoms with van der Waals surface area (Å²) in [6.45, 7) is 5.18. The Hall–Kier alpha value is -1.75. The van der Waals surface area contributed by atoms with Crippen LogP contribution in [0.4, 0.5) is 5.69 Å². The first kappa shape index (κ1) is 22.1. The Kier molecular flexibility index (Phi) is 6.13. The topological polar surface area (TPSA) is 52.7 Å². The van der Waals surface area contributed by atoms with Crippen LogP contribution in [0.3, 0.4) is 0 Å². The zero-order chi connectivity index (χ0) is 22.3. The molecule has 1 heterocycles. The van der Waals surface area contributed by atoms with Crippen LogP contribution in [0.1, 0.15) is 58.3 Å². The zero-order valence-corrected chi connectivity index (χ0v) is 19.9. The van der Waals surface area contributed by atoms with Crippen LogP contribution in [0.15, 0.2) is 24.3 Å². The van der Waals surface area contributed by atoms with Gasteiger partial charge in [0.2, 0.25) is 11.8 Å². The highest BCUT2D eigenvalue weighted by molar-refractivity contribution is 6.30. The average Bonchev–Trinajstić information content (AvgIpc) is 2.76. The van der Waals surface area contributed by atoms with Crippen LogP contribution in [0, 0.1) is 23.2 Å². The highest BCUT2D eigenvalue weighted by atomic mass is 35.5. The summed E-state index contributed by atoms with van der Waals surface area (Å²) in [5, 5.41) is 4.03. The molecule has 1 aromatic rings. The number of hydrogen-bond acceptors (Lipinski definition) is 3. The van der Waals surface area contributed by atoms with Gasteiger partial charge in [-0.1, -0.05) is 17.7 Å².